The molecule has 3 aromatic rings. The Morgan fingerprint density at radius 3 is 2.19 bits per heavy atom. The molecule has 4 amide bonds. The molecule has 1 heterocycles. The number of benzene rings is 3. The number of hydrogen-bond acceptors (Lipinski definition) is 6. The van der Waals surface area contributed by atoms with Crippen molar-refractivity contribution in [2.45, 2.75) is 13.5 Å². The lowest BCUT2D eigenvalue weighted by Crippen LogP contribution is -2.54. The van der Waals surface area contributed by atoms with Crippen molar-refractivity contribution in [3.8, 4) is 17.2 Å². The van der Waals surface area contributed by atoms with Gasteiger partial charge in [0.2, 0.25) is 0 Å². The van der Waals surface area contributed by atoms with E-state index >= 15 is 0 Å². The first-order valence-corrected chi connectivity index (χ1v) is 11.8. The first-order chi connectivity index (χ1) is 17.7. The number of amides is 4. The number of hydrogen-bond donors (Lipinski definition) is 1. The van der Waals surface area contributed by atoms with Crippen LogP contribution >= 0.6 is 23.2 Å². The highest BCUT2D eigenvalue weighted by Gasteiger charge is 2.38. The van der Waals surface area contributed by atoms with Gasteiger partial charge in [0.05, 0.1) is 30.0 Å². The Kier molecular flexibility index (Phi) is 7.71. The summed E-state index contributed by atoms with van der Waals surface area (Å²) in [5.41, 5.74) is 2.37. The normalized spacial score (nSPS) is 14.6. The summed E-state index contributed by atoms with van der Waals surface area (Å²) in [5.74, 6) is -0.901. The molecule has 1 aliphatic rings. The van der Waals surface area contributed by atoms with Gasteiger partial charge in [0.1, 0.15) is 29.4 Å². The minimum absolute atomic E-state index is 0.0579. The number of urea groups is 1. The van der Waals surface area contributed by atoms with Gasteiger partial charge in [-0.2, -0.15) is 0 Å². The van der Waals surface area contributed by atoms with E-state index in [9.17, 15) is 14.4 Å². The average molecular weight is 541 g/mol. The van der Waals surface area contributed by atoms with Gasteiger partial charge in [-0.05, 0) is 36.3 Å². The van der Waals surface area contributed by atoms with Crippen molar-refractivity contribution >= 4 is 52.8 Å². The van der Waals surface area contributed by atoms with Crippen LogP contribution in [-0.2, 0) is 16.2 Å². The van der Waals surface area contributed by atoms with Crippen LogP contribution in [0.1, 0.15) is 16.7 Å². The number of barbiturate groups is 1. The molecule has 1 aliphatic heterocycles. The van der Waals surface area contributed by atoms with Crippen LogP contribution in [0, 0.1) is 6.92 Å². The average Bonchev–Trinajstić information content (AvgIpc) is 2.87. The number of imide groups is 2. The summed E-state index contributed by atoms with van der Waals surface area (Å²) in [7, 11) is 2.75. The van der Waals surface area contributed by atoms with Crippen LogP contribution in [0.3, 0.4) is 0 Å². The molecule has 0 aromatic heterocycles. The Balaban J connectivity index is 1.61. The van der Waals surface area contributed by atoms with Crippen molar-refractivity contribution in [2.24, 2.45) is 0 Å². The summed E-state index contributed by atoms with van der Waals surface area (Å²) in [6, 6.07) is 14.6. The topological polar surface area (TPSA) is 94.2 Å². The molecule has 0 radical (unpaired) electrons. The molecule has 0 saturated carbocycles. The number of nitrogens with zero attached hydrogens (tertiary/aromatic N) is 1. The Morgan fingerprint density at radius 2 is 1.54 bits per heavy atom. The minimum atomic E-state index is -0.937. The van der Waals surface area contributed by atoms with Crippen molar-refractivity contribution in [1.29, 1.82) is 0 Å². The van der Waals surface area contributed by atoms with Gasteiger partial charge >= 0.3 is 6.03 Å². The number of methoxy groups -OCH3 is 2. The number of ether oxygens (including phenoxy) is 3. The van der Waals surface area contributed by atoms with Crippen LogP contribution in [0.2, 0.25) is 10.0 Å². The molecule has 0 aliphatic carbocycles. The number of nitrogens with one attached hydrogen (secondary N) is 1. The lowest BCUT2D eigenvalue weighted by molar-refractivity contribution is -0.122. The van der Waals surface area contributed by atoms with E-state index < -0.39 is 17.8 Å². The number of aryl methyl sites for hydroxylation is 1. The molecule has 190 valence electrons. The molecule has 8 nitrogen and oxygen atoms in total. The fraction of sp³-hybridized carbons (Fsp3) is 0.148. The van der Waals surface area contributed by atoms with E-state index in [1.54, 1.807) is 18.2 Å². The van der Waals surface area contributed by atoms with Gasteiger partial charge in [-0.15, -0.1) is 0 Å². The van der Waals surface area contributed by atoms with Gasteiger partial charge < -0.3 is 14.2 Å². The van der Waals surface area contributed by atoms with Crippen molar-refractivity contribution in [1.82, 2.24) is 5.32 Å². The van der Waals surface area contributed by atoms with E-state index in [2.05, 4.69) is 5.32 Å². The smallest absolute Gasteiger partial charge is 0.336 e. The maximum atomic E-state index is 13.3. The summed E-state index contributed by atoms with van der Waals surface area (Å²) >= 11 is 12.5. The maximum absolute atomic E-state index is 13.3. The Morgan fingerprint density at radius 1 is 0.865 bits per heavy atom. The van der Waals surface area contributed by atoms with Gasteiger partial charge in [0, 0.05) is 12.1 Å². The fourth-order valence-electron chi connectivity index (χ4n) is 3.63. The molecule has 37 heavy (non-hydrogen) atoms. The summed E-state index contributed by atoms with van der Waals surface area (Å²) < 4.78 is 16.3. The van der Waals surface area contributed by atoms with Crippen LogP contribution in [0.5, 0.6) is 17.2 Å². The lowest BCUT2D eigenvalue weighted by atomic mass is 10.1. The van der Waals surface area contributed by atoms with Crippen LogP contribution in [0.4, 0.5) is 10.5 Å². The van der Waals surface area contributed by atoms with E-state index in [1.807, 2.05) is 31.2 Å². The largest absolute Gasteiger partial charge is 0.495 e. The van der Waals surface area contributed by atoms with E-state index in [0.29, 0.717) is 22.9 Å². The van der Waals surface area contributed by atoms with Gasteiger partial charge in [-0.3, -0.25) is 14.9 Å². The third kappa shape index (κ3) is 5.55. The van der Waals surface area contributed by atoms with Crippen molar-refractivity contribution in [3.63, 3.8) is 0 Å². The van der Waals surface area contributed by atoms with Crippen LogP contribution in [-0.4, -0.2) is 32.1 Å². The first-order valence-electron chi connectivity index (χ1n) is 11.0. The van der Waals surface area contributed by atoms with Gasteiger partial charge in [-0.25, -0.2) is 9.69 Å². The molecule has 0 unspecified atom stereocenters. The molecule has 0 atom stereocenters. The van der Waals surface area contributed by atoms with E-state index in [-0.39, 0.29) is 27.8 Å². The molecule has 1 N–H and O–H groups in total. The quantitative estimate of drug-likeness (QED) is 0.311. The summed E-state index contributed by atoms with van der Waals surface area (Å²) in [6.07, 6.45) is 1.34. The molecular formula is C27H22Cl2N2O6. The monoisotopic (exact) mass is 540 g/mol. The summed E-state index contributed by atoms with van der Waals surface area (Å²) in [5, 5.41) is 2.69. The molecule has 0 spiro atoms. The second-order valence-electron chi connectivity index (χ2n) is 8.08. The molecule has 3 aromatic carbocycles. The van der Waals surface area contributed by atoms with E-state index in [1.165, 1.54) is 32.4 Å². The highest BCUT2D eigenvalue weighted by Crippen LogP contribution is 2.39. The summed E-state index contributed by atoms with van der Waals surface area (Å²) in [6.45, 7) is 2.33. The third-order valence-electron chi connectivity index (χ3n) is 5.58. The molecule has 4 rings (SSSR count). The molecule has 1 saturated heterocycles. The molecular weight excluding hydrogens is 519 g/mol. The molecule has 1 fully saturated rings. The highest BCUT2D eigenvalue weighted by molar-refractivity contribution is 6.40. The summed E-state index contributed by atoms with van der Waals surface area (Å²) in [4.78, 5) is 39.3. The second kappa shape index (κ2) is 10.9. The number of rotatable bonds is 7. The molecule has 10 heteroatoms. The van der Waals surface area contributed by atoms with Gasteiger partial charge in [0.15, 0.2) is 0 Å². The zero-order valence-corrected chi connectivity index (χ0v) is 21.6. The van der Waals surface area contributed by atoms with Gasteiger partial charge in [-0.1, -0.05) is 59.1 Å². The predicted octanol–water partition coefficient (Wildman–Crippen LogP) is 5.56. The van der Waals surface area contributed by atoms with Gasteiger partial charge in [0.25, 0.3) is 11.8 Å². The predicted molar refractivity (Wildman–Crippen MR) is 141 cm³/mol. The van der Waals surface area contributed by atoms with Crippen molar-refractivity contribution < 1.29 is 28.6 Å². The lowest BCUT2D eigenvalue weighted by Gasteiger charge is -2.28. The fourth-order valence-corrected chi connectivity index (χ4v) is 4.11. The Hall–Kier alpha value is -4.01. The van der Waals surface area contributed by atoms with Crippen LogP contribution in [0.15, 0.2) is 60.2 Å². The van der Waals surface area contributed by atoms with Crippen LogP contribution < -0.4 is 24.4 Å². The van der Waals surface area contributed by atoms with Crippen molar-refractivity contribution in [2.75, 3.05) is 19.1 Å². The zero-order valence-electron chi connectivity index (χ0n) is 20.1. The Labute approximate surface area is 223 Å². The number of anilines is 1. The minimum Gasteiger partial charge on any atom is -0.495 e. The SMILES string of the molecule is COc1cc(N2C(=O)NC(=O)/C(=C\c3ccc(OCc4ccc(C)cc4)c(Cl)c3)C2=O)c(OC)cc1Cl. The number of carbonyl (C=O) groups is 3. The third-order valence-corrected chi connectivity index (χ3v) is 6.17. The standard InChI is InChI=1S/C27H22Cl2N2O6/c1-15-4-6-16(7-5-15)14-37-22-9-8-17(11-19(22)28)10-18-25(32)30-27(34)31(26(18)33)21-13-23(35-2)20(29)12-24(21)36-3/h4-13H,14H2,1-3H3,(H,30,32,34)/b18-10+. The van der Waals surface area contributed by atoms with E-state index in [4.69, 9.17) is 37.4 Å². The molecule has 0 bridgehead atoms. The second-order valence-corrected chi connectivity index (χ2v) is 8.89. The zero-order chi connectivity index (χ0) is 26.7. The highest BCUT2D eigenvalue weighted by atomic mass is 35.5. The maximum Gasteiger partial charge on any atom is 0.336 e. The number of halogens is 2. The van der Waals surface area contributed by atoms with E-state index in [0.717, 1.165) is 16.0 Å². The van der Waals surface area contributed by atoms with Crippen molar-refractivity contribution in [3.05, 3.63) is 86.9 Å². The van der Waals surface area contributed by atoms with Crippen LogP contribution in [0.25, 0.3) is 6.08 Å². The first kappa shape index (κ1) is 26.1. The number of carbonyl (C=O) groups excluding carboxylic acids is 3. The Bertz CT molecular complexity index is 1420.